The number of hydrogen-bond donors (Lipinski definition) is 1. The van der Waals surface area contributed by atoms with Crippen molar-refractivity contribution < 1.29 is 9.59 Å². The molecule has 0 saturated carbocycles. The van der Waals surface area contributed by atoms with Gasteiger partial charge in [-0.15, -0.1) is 0 Å². The van der Waals surface area contributed by atoms with E-state index in [9.17, 15) is 9.59 Å². The molecular weight excluding hydrogens is 192 g/mol. The standard InChI is InChI=1S/C11H20N2O2/c1-6-7-10(15)13(5)8-9(14)12-11(2,3)4/h6-7H,8H2,1-5H3,(H,12,14). The average Bonchev–Trinajstić information content (AvgIpc) is 2.00. The van der Waals surface area contributed by atoms with E-state index in [4.69, 9.17) is 0 Å². The van der Waals surface area contributed by atoms with Gasteiger partial charge in [-0.05, 0) is 33.8 Å². The number of rotatable bonds is 3. The Hall–Kier alpha value is -1.32. The van der Waals surface area contributed by atoms with Crippen LogP contribution >= 0.6 is 0 Å². The quantitative estimate of drug-likeness (QED) is 0.708. The lowest BCUT2D eigenvalue weighted by molar-refractivity contribution is -0.131. The molecule has 0 heterocycles. The van der Waals surface area contributed by atoms with Crippen LogP contribution in [0.2, 0.25) is 0 Å². The van der Waals surface area contributed by atoms with E-state index in [2.05, 4.69) is 5.32 Å². The average molecular weight is 212 g/mol. The first kappa shape index (κ1) is 13.7. The Morgan fingerprint density at radius 2 is 1.87 bits per heavy atom. The summed E-state index contributed by atoms with van der Waals surface area (Å²) in [5, 5.41) is 2.79. The SMILES string of the molecule is CC=CC(=O)N(C)CC(=O)NC(C)(C)C. The first-order chi connectivity index (χ1) is 6.76. The molecule has 0 aliphatic heterocycles. The van der Waals surface area contributed by atoms with Crippen molar-refractivity contribution in [3.63, 3.8) is 0 Å². The van der Waals surface area contributed by atoms with Crippen molar-refractivity contribution in [3.05, 3.63) is 12.2 Å². The van der Waals surface area contributed by atoms with Crippen LogP contribution in [0.1, 0.15) is 27.7 Å². The lowest BCUT2D eigenvalue weighted by Gasteiger charge is -2.22. The van der Waals surface area contributed by atoms with Crippen molar-refractivity contribution in [2.24, 2.45) is 0 Å². The highest BCUT2D eigenvalue weighted by molar-refractivity contribution is 5.91. The summed E-state index contributed by atoms with van der Waals surface area (Å²) in [5.74, 6) is -0.315. The zero-order valence-corrected chi connectivity index (χ0v) is 10.1. The second-order valence-corrected chi connectivity index (χ2v) is 4.49. The third-order valence-corrected chi connectivity index (χ3v) is 1.58. The Bertz CT molecular complexity index is 264. The van der Waals surface area contributed by atoms with E-state index in [0.29, 0.717) is 0 Å². The third-order valence-electron chi connectivity index (χ3n) is 1.58. The molecule has 0 radical (unpaired) electrons. The second kappa shape index (κ2) is 5.53. The van der Waals surface area contributed by atoms with Crippen LogP contribution in [-0.4, -0.2) is 35.8 Å². The zero-order valence-electron chi connectivity index (χ0n) is 10.1. The van der Waals surface area contributed by atoms with Crippen molar-refractivity contribution in [2.75, 3.05) is 13.6 Å². The van der Waals surface area contributed by atoms with Gasteiger partial charge in [0.05, 0.1) is 6.54 Å². The van der Waals surface area contributed by atoms with Crippen LogP contribution in [0.4, 0.5) is 0 Å². The van der Waals surface area contributed by atoms with Gasteiger partial charge < -0.3 is 10.2 Å². The number of nitrogens with one attached hydrogen (secondary N) is 1. The van der Waals surface area contributed by atoms with E-state index >= 15 is 0 Å². The molecule has 0 fully saturated rings. The Labute approximate surface area is 91.3 Å². The van der Waals surface area contributed by atoms with Gasteiger partial charge in [0.15, 0.2) is 0 Å². The summed E-state index contributed by atoms with van der Waals surface area (Å²) < 4.78 is 0. The van der Waals surface area contributed by atoms with Gasteiger partial charge in [0.2, 0.25) is 11.8 Å². The number of carbonyl (C=O) groups is 2. The van der Waals surface area contributed by atoms with Crippen molar-refractivity contribution in [1.29, 1.82) is 0 Å². The highest BCUT2D eigenvalue weighted by Gasteiger charge is 2.16. The van der Waals surface area contributed by atoms with Crippen molar-refractivity contribution in [3.8, 4) is 0 Å². The maximum absolute atomic E-state index is 11.4. The number of likely N-dealkylation sites (N-methyl/N-ethyl adjacent to an activating group) is 1. The summed E-state index contributed by atoms with van der Waals surface area (Å²) in [7, 11) is 1.60. The minimum Gasteiger partial charge on any atom is -0.350 e. The van der Waals surface area contributed by atoms with Crippen LogP contribution < -0.4 is 5.32 Å². The van der Waals surface area contributed by atoms with E-state index in [-0.39, 0.29) is 23.9 Å². The first-order valence-corrected chi connectivity index (χ1v) is 4.95. The maximum Gasteiger partial charge on any atom is 0.246 e. The minimum atomic E-state index is -0.262. The summed E-state index contributed by atoms with van der Waals surface area (Å²) in [6.45, 7) is 7.55. The summed E-state index contributed by atoms with van der Waals surface area (Å²) in [6, 6.07) is 0. The van der Waals surface area contributed by atoms with Gasteiger partial charge in [0.25, 0.3) is 0 Å². The van der Waals surface area contributed by atoms with Crippen LogP contribution in [0.3, 0.4) is 0 Å². The normalized spacial score (nSPS) is 11.5. The number of hydrogen-bond acceptors (Lipinski definition) is 2. The van der Waals surface area contributed by atoms with Crippen LogP contribution in [-0.2, 0) is 9.59 Å². The van der Waals surface area contributed by atoms with Crippen LogP contribution in [0, 0.1) is 0 Å². The predicted molar refractivity (Wildman–Crippen MR) is 60.3 cm³/mol. The fourth-order valence-electron chi connectivity index (χ4n) is 1.02. The van der Waals surface area contributed by atoms with Gasteiger partial charge in [-0.2, -0.15) is 0 Å². The molecule has 15 heavy (non-hydrogen) atoms. The summed E-state index contributed by atoms with van der Waals surface area (Å²) >= 11 is 0. The molecular formula is C11H20N2O2. The van der Waals surface area contributed by atoms with Crippen LogP contribution in [0.25, 0.3) is 0 Å². The molecule has 0 aromatic heterocycles. The summed E-state index contributed by atoms with van der Waals surface area (Å²) in [4.78, 5) is 24.1. The molecule has 0 rings (SSSR count). The monoisotopic (exact) mass is 212 g/mol. The lowest BCUT2D eigenvalue weighted by atomic mass is 10.1. The number of allylic oxidation sites excluding steroid dienone is 1. The van der Waals surface area contributed by atoms with E-state index in [1.54, 1.807) is 20.0 Å². The fourth-order valence-corrected chi connectivity index (χ4v) is 1.02. The van der Waals surface area contributed by atoms with Gasteiger partial charge in [0.1, 0.15) is 0 Å². The molecule has 0 spiro atoms. The van der Waals surface area contributed by atoms with E-state index in [0.717, 1.165) is 0 Å². The fraction of sp³-hybridized carbons (Fsp3) is 0.636. The Morgan fingerprint density at radius 3 is 2.27 bits per heavy atom. The zero-order chi connectivity index (χ0) is 12.1. The molecule has 0 atom stereocenters. The van der Waals surface area contributed by atoms with Gasteiger partial charge in [0, 0.05) is 12.6 Å². The van der Waals surface area contributed by atoms with Gasteiger partial charge in [-0.3, -0.25) is 9.59 Å². The Kier molecular flexibility index (Phi) is 5.05. The molecule has 0 aromatic rings. The molecule has 0 bridgehead atoms. The lowest BCUT2D eigenvalue weighted by Crippen LogP contribution is -2.46. The molecule has 86 valence electrons. The Morgan fingerprint density at radius 1 is 1.33 bits per heavy atom. The maximum atomic E-state index is 11.4. The van der Waals surface area contributed by atoms with Gasteiger partial charge >= 0.3 is 0 Å². The van der Waals surface area contributed by atoms with Crippen LogP contribution in [0.15, 0.2) is 12.2 Å². The third kappa shape index (κ3) is 6.71. The summed E-state index contributed by atoms with van der Waals surface area (Å²) in [5.41, 5.74) is -0.262. The predicted octanol–water partition coefficient (Wildman–Crippen LogP) is 0.936. The minimum absolute atomic E-state index is 0.0838. The molecule has 0 saturated heterocycles. The van der Waals surface area contributed by atoms with Crippen molar-refractivity contribution in [1.82, 2.24) is 10.2 Å². The van der Waals surface area contributed by atoms with Gasteiger partial charge in [-0.1, -0.05) is 6.08 Å². The molecule has 2 amide bonds. The van der Waals surface area contributed by atoms with E-state index in [1.807, 2.05) is 20.8 Å². The molecule has 0 unspecified atom stereocenters. The molecule has 4 heteroatoms. The van der Waals surface area contributed by atoms with Gasteiger partial charge in [-0.25, -0.2) is 0 Å². The second-order valence-electron chi connectivity index (χ2n) is 4.49. The number of amides is 2. The largest absolute Gasteiger partial charge is 0.350 e. The van der Waals surface area contributed by atoms with E-state index < -0.39 is 0 Å². The van der Waals surface area contributed by atoms with Crippen molar-refractivity contribution in [2.45, 2.75) is 33.2 Å². The number of carbonyl (C=O) groups excluding carboxylic acids is 2. The highest BCUT2D eigenvalue weighted by atomic mass is 16.2. The first-order valence-electron chi connectivity index (χ1n) is 4.95. The van der Waals surface area contributed by atoms with Crippen molar-refractivity contribution >= 4 is 11.8 Å². The summed E-state index contributed by atoms with van der Waals surface area (Å²) in [6.07, 6.45) is 3.09. The molecule has 0 aromatic carbocycles. The molecule has 0 aliphatic carbocycles. The molecule has 1 N–H and O–H groups in total. The molecule has 0 aliphatic rings. The number of nitrogens with zero attached hydrogens (tertiary/aromatic N) is 1. The van der Waals surface area contributed by atoms with E-state index in [1.165, 1.54) is 11.0 Å². The molecule has 4 nitrogen and oxygen atoms in total. The topological polar surface area (TPSA) is 49.4 Å². The van der Waals surface area contributed by atoms with Crippen LogP contribution in [0.5, 0.6) is 0 Å². The smallest absolute Gasteiger partial charge is 0.246 e. The Balaban J connectivity index is 4.13. The highest BCUT2D eigenvalue weighted by Crippen LogP contribution is 1.98.